The van der Waals surface area contributed by atoms with E-state index >= 15 is 0 Å². The van der Waals surface area contributed by atoms with Crippen molar-refractivity contribution in [3.8, 4) is 10.6 Å². The average Bonchev–Trinajstić information content (AvgIpc) is 3.12. The smallest absolute Gasteiger partial charge is 0.257 e. The first kappa shape index (κ1) is 17.5. The number of benzene rings is 2. The molecular formula is C19H16N4O2S. The van der Waals surface area contributed by atoms with Gasteiger partial charge in [0.25, 0.3) is 5.91 Å². The van der Waals surface area contributed by atoms with Crippen LogP contribution in [0.25, 0.3) is 10.6 Å². The summed E-state index contributed by atoms with van der Waals surface area (Å²) in [6.45, 7) is 1.77. The van der Waals surface area contributed by atoms with Crippen molar-refractivity contribution in [1.82, 2.24) is 10.2 Å². The molecule has 0 aliphatic rings. The Kier molecular flexibility index (Phi) is 5.50. The molecule has 3 rings (SSSR count). The Morgan fingerprint density at radius 3 is 2.38 bits per heavy atom. The molecule has 0 radical (unpaired) electrons. The SMILES string of the molecule is C/C=C/C(=O)Nc1ccc(C(=O)Nc2nnc(-c3ccccc3)s2)cc1. The van der Waals surface area contributed by atoms with Gasteiger partial charge in [0.1, 0.15) is 5.01 Å². The fourth-order valence-corrected chi connectivity index (χ4v) is 2.92. The topological polar surface area (TPSA) is 84.0 Å². The summed E-state index contributed by atoms with van der Waals surface area (Å²) in [5, 5.41) is 14.7. The fourth-order valence-electron chi connectivity index (χ4n) is 2.18. The van der Waals surface area contributed by atoms with E-state index in [1.165, 1.54) is 17.4 Å². The number of allylic oxidation sites excluding steroid dienone is 1. The number of carbonyl (C=O) groups excluding carboxylic acids is 2. The van der Waals surface area contributed by atoms with Crippen molar-refractivity contribution in [2.24, 2.45) is 0 Å². The van der Waals surface area contributed by atoms with Crippen LogP contribution < -0.4 is 10.6 Å². The van der Waals surface area contributed by atoms with Gasteiger partial charge in [0, 0.05) is 16.8 Å². The van der Waals surface area contributed by atoms with Gasteiger partial charge in [-0.2, -0.15) is 0 Å². The number of aromatic nitrogens is 2. The molecule has 0 aliphatic carbocycles. The lowest BCUT2D eigenvalue weighted by molar-refractivity contribution is -0.111. The van der Waals surface area contributed by atoms with Crippen molar-refractivity contribution in [2.45, 2.75) is 6.92 Å². The van der Waals surface area contributed by atoms with Gasteiger partial charge in [-0.3, -0.25) is 14.9 Å². The number of nitrogens with one attached hydrogen (secondary N) is 2. The Morgan fingerprint density at radius 2 is 1.69 bits per heavy atom. The van der Waals surface area contributed by atoms with Crippen molar-refractivity contribution in [3.05, 3.63) is 72.3 Å². The summed E-state index contributed by atoms with van der Waals surface area (Å²) >= 11 is 1.31. The molecule has 2 aromatic carbocycles. The molecule has 3 aromatic rings. The van der Waals surface area contributed by atoms with Crippen molar-refractivity contribution >= 4 is 34.0 Å². The van der Waals surface area contributed by atoms with E-state index in [9.17, 15) is 9.59 Å². The molecule has 0 bridgehead atoms. The van der Waals surface area contributed by atoms with Crippen LogP contribution in [0.1, 0.15) is 17.3 Å². The first-order valence-corrected chi connectivity index (χ1v) is 8.71. The van der Waals surface area contributed by atoms with E-state index in [4.69, 9.17) is 0 Å². The summed E-state index contributed by atoms with van der Waals surface area (Å²) in [5.41, 5.74) is 2.03. The Labute approximate surface area is 154 Å². The highest BCUT2D eigenvalue weighted by molar-refractivity contribution is 7.18. The molecule has 2 N–H and O–H groups in total. The highest BCUT2D eigenvalue weighted by Gasteiger charge is 2.11. The number of hydrogen-bond acceptors (Lipinski definition) is 5. The highest BCUT2D eigenvalue weighted by atomic mass is 32.1. The number of carbonyl (C=O) groups is 2. The summed E-state index contributed by atoms with van der Waals surface area (Å²) in [4.78, 5) is 23.8. The predicted molar refractivity (Wildman–Crippen MR) is 103 cm³/mol. The van der Waals surface area contributed by atoms with E-state index in [-0.39, 0.29) is 11.8 Å². The summed E-state index contributed by atoms with van der Waals surface area (Å²) in [6, 6.07) is 16.3. The zero-order chi connectivity index (χ0) is 18.4. The maximum atomic E-state index is 12.3. The molecule has 2 amide bonds. The quantitative estimate of drug-likeness (QED) is 0.671. The van der Waals surface area contributed by atoms with Crippen molar-refractivity contribution in [3.63, 3.8) is 0 Å². The van der Waals surface area contributed by atoms with E-state index in [0.29, 0.717) is 16.4 Å². The van der Waals surface area contributed by atoms with Crippen molar-refractivity contribution in [2.75, 3.05) is 10.6 Å². The normalized spacial score (nSPS) is 10.7. The van der Waals surface area contributed by atoms with E-state index in [1.807, 2.05) is 30.3 Å². The van der Waals surface area contributed by atoms with E-state index in [2.05, 4.69) is 20.8 Å². The maximum absolute atomic E-state index is 12.3. The second-order valence-corrected chi connectivity index (χ2v) is 6.28. The lowest BCUT2D eigenvalue weighted by Crippen LogP contribution is -2.12. The van der Waals surface area contributed by atoms with Crippen LogP contribution in [-0.4, -0.2) is 22.0 Å². The van der Waals surface area contributed by atoms with Crippen LogP contribution in [0.5, 0.6) is 0 Å². The van der Waals surface area contributed by atoms with Crippen LogP contribution in [0, 0.1) is 0 Å². The molecule has 0 spiro atoms. The van der Waals surface area contributed by atoms with Crippen molar-refractivity contribution in [1.29, 1.82) is 0 Å². The molecule has 1 heterocycles. The van der Waals surface area contributed by atoms with Gasteiger partial charge < -0.3 is 5.32 Å². The lowest BCUT2D eigenvalue weighted by Gasteiger charge is -2.04. The van der Waals surface area contributed by atoms with Crippen LogP contribution in [0.2, 0.25) is 0 Å². The Bertz CT molecular complexity index is 934. The minimum atomic E-state index is -0.285. The molecule has 1 aromatic heterocycles. The lowest BCUT2D eigenvalue weighted by atomic mass is 10.2. The summed E-state index contributed by atoms with van der Waals surface area (Å²) < 4.78 is 0. The summed E-state index contributed by atoms with van der Waals surface area (Å²) in [5.74, 6) is -0.501. The Morgan fingerprint density at radius 1 is 0.962 bits per heavy atom. The predicted octanol–water partition coefficient (Wildman–Crippen LogP) is 3.97. The van der Waals surface area contributed by atoms with E-state index in [0.717, 1.165) is 10.6 Å². The van der Waals surface area contributed by atoms with E-state index in [1.54, 1.807) is 37.3 Å². The van der Waals surface area contributed by atoms with Crippen LogP contribution in [0.4, 0.5) is 10.8 Å². The number of rotatable bonds is 5. The number of amides is 2. The van der Waals surface area contributed by atoms with Gasteiger partial charge in [-0.1, -0.05) is 47.7 Å². The third-order valence-electron chi connectivity index (χ3n) is 3.40. The molecule has 130 valence electrons. The number of anilines is 2. The minimum absolute atomic E-state index is 0.216. The first-order valence-electron chi connectivity index (χ1n) is 7.90. The van der Waals surface area contributed by atoms with Gasteiger partial charge in [0.15, 0.2) is 0 Å². The summed E-state index contributed by atoms with van der Waals surface area (Å²) in [6.07, 6.45) is 3.09. The summed E-state index contributed by atoms with van der Waals surface area (Å²) in [7, 11) is 0. The molecule has 0 atom stereocenters. The largest absolute Gasteiger partial charge is 0.323 e. The first-order chi connectivity index (χ1) is 12.7. The number of hydrogen-bond donors (Lipinski definition) is 2. The van der Waals surface area contributed by atoms with Crippen LogP contribution >= 0.6 is 11.3 Å². The third kappa shape index (κ3) is 4.40. The second kappa shape index (κ2) is 8.17. The molecular weight excluding hydrogens is 348 g/mol. The van der Waals surface area contributed by atoms with Crippen molar-refractivity contribution < 1.29 is 9.59 Å². The standard InChI is InChI=1S/C19H16N4O2S/c1-2-6-16(24)20-15-11-9-13(10-12-15)17(25)21-19-23-22-18(26-19)14-7-4-3-5-8-14/h2-12H,1H3,(H,20,24)(H,21,23,25)/b6-2+. The molecule has 0 saturated heterocycles. The highest BCUT2D eigenvalue weighted by Crippen LogP contribution is 2.26. The molecule has 26 heavy (non-hydrogen) atoms. The van der Waals surface area contributed by atoms with E-state index < -0.39 is 0 Å². The zero-order valence-electron chi connectivity index (χ0n) is 14.0. The molecule has 0 fully saturated rings. The van der Waals surface area contributed by atoms with Gasteiger partial charge in [-0.15, -0.1) is 10.2 Å². The van der Waals surface area contributed by atoms with Gasteiger partial charge in [-0.25, -0.2) is 0 Å². The zero-order valence-corrected chi connectivity index (χ0v) is 14.8. The molecule has 7 heteroatoms. The molecule has 0 saturated carbocycles. The average molecular weight is 364 g/mol. The molecule has 6 nitrogen and oxygen atoms in total. The fraction of sp³-hybridized carbons (Fsp3) is 0.0526. The Hall–Kier alpha value is -3.32. The van der Waals surface area contributed by atoms with Gasteiger partial charge >= 0.3 is 0 Å². The third-order valence-corrected chi connectivity index (χ3v) is 4.29. The maximum Gasteiger partial charge on any atom is 0.257 e. The molecule has 0 aliphatic heterocycles. The van der Waals surface area contributed by atoms with Gasteiger partial charge in [0.2, 0.25) is 11.0 Å². The van der Waals surface area contributed by atoms with Crippen LogP contribution in [0.3, 0.4) is 0 Å². The number of nitrogens with zero attached hydrogens (tertiary/aromatic N) is 2. The van der Waals surface area contributed by atoms with Gasteiger partial charge in [0.05, 0.1) is 0 Å². The van der Waals surface area contributed by atoms with Crippen LogP contribution in [0.15, 0.2) is 66.7 Å². The molecule has 0 unspecified atom stereocenters. The minimum Gasteiger partial charge on any atom is -0.323 e. The second-order valence-electron chi connectivity index (χ2n) is 5.30. The monoisotopic (exact) mass is 364 g/mol. The Balaban J connectivity index is 1.65. The van der Waals surface area contributed by atoms with Gasteiger partial charge in [-0.05, 0) is 37.3 Å². The van der Waals surface area contributed by atoms with Crippen LogP contribution in [-0.2, 0) is 4.79 Å².